The zero-order valence-electron chi connectivity index (χ0n) is 17.3. The quantitative estimate of drug-likeness (QED) is 0.686. The van der Waals surface area contributed by atoms with E-state index in [1.807, 2.05) is 23.8 Å². The molecule has 2 heterocycles. The average molecular weight is 422 g/mol. The molecule has 1 saturated heterocycles. The topological polar surface area (TPSA) is 76.5 Å². The van der Waals surface area contributed by atoms with Crippen molar-refractivity contribution >= 4 is 11.8 Å². The van der Waals surface area contributed by atoms with Gasteiger partial charge >= 0.3 is 0 Å². The first kappa shape index (κ1) is 20.6. The molecule has 1 aliphatic rings. The van der Waals surface area contributed by atoms with Crippen molar-refractivity contribution in [3.8, 4) is 11.4 Å². The highest BCUT2D eigenvalue weighted by atomic mass is 19.1. The van der Waals surface area contributed by atoms with Crippen LogP contribution < -0.4 is 10.1 Å². The lowest BCUT2D eigenvalue weighted by Gasteiger charge is -2.17. The first-order valence-corrected chi connectivity index (χ1v) is 9.99. The van der Waals surface area contributed by atoms with Gasteiger partial charge in [-0.15, -0.1) is 0 Å². The molecule has 1 N–H and O–H groups in total. The van der Waals surface area contributed by atoms with Gasteiger partial charge in [0.15, 0.2) is 0 Å². The van der Waals surface area contributed by atoms with Crippen LogP contribution in [0.2, 0.25) is 0 Å². The van der Waals surface area contributed by atoms with E-state index in [1.54, 1.807) is 36.5 Å². The fourth-order valence-corrected chi connectivity index (χ4v) is 3.72. The number of methoxy groups -OCH3 is 1. The van der Waals surface area contributed by atoms with E-state index in [2.05, 4.69) is 10.3 Å². The number of hydrogen-bond donors (Lipinski definition) is 1. The third-order valence-electron chi connectivity index (χ3n) is 5.31. The van der Waals surface area contributed by atoms with Gasteiger partial charge in [0.2, 0.25) is 0 Å². The molecule has 31 heavy (non-hydrogen) atoms. The van der Waals surface area contributed by atoms with Gasteiger partial charge in [-0.3, -0.25) is 9.59 Å². The molecule has 1 aromatic heterocycles. The number of amides is 2. The van der Waals surface area contributed by atoms with Crippen LogP contribution in [-0.4, -0.2) is 52.5 Å². The zero-order valence-corrected chi connectivity index (χ0v) is 17.3. The minimum Gasteiger partial charge on any atom is -0.495 e. The van der Waals surface area contributed by atoms with Crippen molar-refractivity contribution in [1.82, 2.24) is 19.8 Å². The van der Waals surface area contributed by atoms with E-state index in [-0.39, 0.29) is 17.9 Å². The molecule has 3 aromatic rings. The number of likely N-dealkylation sites (tertiary alicyclic amines) is 1. The molecule has 1 fully saturated rings. The summed E-state index contributed by atoms with van der Waals surface area (Å²) in [4.78, 5) is 31.2. The molecule has 0 aliphatic carbocycles. The van der Waals surface area contributed by atoms with Crippen LogP contribution in [0.4, 0.5) is 4.39 Å². The largest absolute Gasteiger partial charge is 0.495 e. The number of hydrogen-bond acceptors (Lipinski definition) is 4. The number of halogens is 1. The summed E-state index contributed by atoms with van der Waals surface area (Å²) in [6.45, 7) is 2.78. The van der Waals surface area contributed by atoms with Crippen LogP contribution in [-0.2, 0) is 0 Å². The number of aryl methyl sites for hydroxylation is 1. The Kier molecular flexibility index (Phi) is 5.70. The van der Waals surface area contributed by atoms with Gasteiger partial charge in [-0.25, -0.2) is 9.37 Å². The fraction of sp³-hybridized carbons (Fsp3) is 0.261. The van der Waals surface area contributed by atoms with Crippen molar-refractivity contribution in [3.63, 3.8) is 0 Å². The maximum absolute atomic E-state index is 13.4. The number of rotatable bonds is 5. The van der Waals surface area contributed by atoms with E-state index in [9.17, 15) is 14.0 Å². The molecule has 0 saturated carbocycles. The highest BCUT2D eigenvalue weighted by Gasteiger charge is 2.28. The molecule has 1 aliphatic heterocycles. The summed E-state index contributed by atoms with van der Waals surface area (Å²) >= 11 is 0. The SMILES string of the molecule is COc1cc(C(=O)NC2CCN(C(=O)c3cccc(F)c3)C2)ccc1-n1cnc(C)c1. The average Bonchev–Trinajstić information content (AvgIpc) is 3.41. The van der Waals surface area contributed by atoms with Gasteiger partial charge in [0.1, 0.15) is 11.6 Å². The Bertz CT molecular complexity index is 1130. The number of benzene rings is 2. The van der Waals surface area contributed by atoms with Crippen molar-refractivity contribution in [2.24, 2.45) is 0 Å². The lowest BCUT2D eigenvalue weighted by molar-refractivity contribution is 0.0782. The molecule has 4 rings (SSSR count). The standard InChI is InChI=1S/C23H23FN4O3/c1-15-12-28(14-25-15)20-7-6-16(11-21(20)31-2)22(29)26-19-8-9-27(13-19)23(30)17-4-3-5-18(24)10-17/h3-7,10-12,14,19H,8-9,13H2,1-2H3,(H,26,29). The second-order valence-electron chi connectivity index (χ2n) is 7.53. The first-order valence-electron chi connectivity index (χ1n) is 9.99. The molecule has 7 nitrogen and oxygen atoms in total. The summed E-state index contributed by atoms with van der Waals surface area (Å²) in [7, 11) is 1.55. The fourth-order valence-electron chi connectivity index (χ4n) is 3.72. The van der Waals surface area contributed by atoms with Gasteiger partial charge in [0.25, 0.3) is 11.8 Å². The lowest BCUT2D eigenvalue weighted by Crippen LogP contribution is -2.38. The van der Waals surface area contributed by atoms with Gasteiger partial charge in [0.05, 0.1) is 24.8 Å². The Morgan fingerprint density at radius 2 is 2.03 bits per heavy atom. The lowest BCUT2D eigenvalue weighted by atomic mass is 10.1. The van der Waals surface area contributed by atoms with Crippen LogP contribution >= 0.6 is 0 Å². The van der Waals surface area contributed by atoms with Crippen LogP contribution in [0, 0.1) is 12.7 Å². The molecular weight excluding hydrogens is 399 g/mol. The summed E-state index contributed by atoms with van der Waals surface area (Å²) in [6.07, 6.45) is 4.20. The molecule has 1 atom stereocenters. The second-order valence-corrected chi connectivity index (χ2v) is 7.53. The second kappa shape index (κ2) is 8.59. The molecule has 0 radical (unpaired) electrons. The van der Waals surface area contributed by atoms with Crippen molar-refractivity contribution in [1.29, 1.82) is 0 Å². The number of imidazole rings is 1. The monoisotopic (exact) mass is 422 g/mol. The normalized spacial score (nSPS) is 15.7. The summed E-state index contributed by atoms with van der Waals surface area (Å²) in [5.41, 5.74) is 2.43. The Hall–Kier alpha value is -3.68. The molecule has 1 unspecified atom stereocenters. The summed E-state index contributed by atoms with van der Waals surface area (Å²) < 4.78 is 20.7. The van der Waals surface area contributed by atoms with E-state index >= 15 is 0 Å². The minimum absolute atomic E-state index is 0.174. The number of nitrogens with zero attached hydrogens (tertiary/aromatic N) is 3. The summed E-state index contributed by atoms with van der Waals surface area (Å²) in [5.74, 6) is -0.368. The molecule has 0 bridgehead atoms. The van der Waals surface area contributed by atoms with Gasteiger partial charge < -0.3 is 19.5 Å². The number of aromatic nitrogens is 2. The van der Waals surface area contributed by atoms with Crippen LogP contribution in [0.5, 0.6) is 5.75 Å². The Labute approximate surface area is 179 Å². The molecule has 8 heteroatoms. The predicted molar refractivity (Wildman–Crippen MR) is 113 cm³/mol. The van der Waals surface area contributed by atoms with E-state index in [1.165, 1.54) is 18.2 Å². The van der Waals surface area contributed by atoms with Crippen molar-refractivity contribution in [2.75, 3.05) is 20.2 Å². The van der Waals surface area contributed by atoms with Gasteiger partial charge in [-0.05, 0) is 49.7 Å². The first-order chi connectivity index (χ1) is 14.9. The Balaban J connectivity index is 1.42. The van der Waals surface area contributed by atoms with Crippen molar-refractivity contribution in [3.05, 3.63) is 77.6 Å². The molecular formula is C23H23FN4O3. The Morgan fingerprint density at radius 1 is 1.19 bits per heavy atom. The van der Waals surface area contributed by atoms with Crippen LogP contribution in [0.1, 0.15) is 32.8 Å². The van der Waals surface area contributed by atoms with E-state index in [0.29, 0.717) is 36.4 Å². The highest BCUT2D eigenvalue weighted by molar-refractivity contribution is 5.96. The summed E-state index contributed by atoms with van der Waals surface area (Å²) in [6, 6.07) is 10.7. The Morgan fingerprint density at radius 3 is 2.74 bits per heavy atom. The van der Waals surface area contributed by atoms with E-state index < -0.39 is 5.82 Å². The predicted octanol–water partition coefficient (Wildman–Crippen LogP) is 2.97. The molecule has 2 aromatic carbocycles. The maximum Gasteiger partial charge on any atom is 0.254 e. The minimum atomic E-state index is -0.446. The maximum atomic E-state index is 13.4. The number of carbonyl (C=O) groups is 2. The van der Waals surface area contributed by atoms with E-state index in [4.69, 9.17) is 4.74 Å². The number of carbonyl (C=O) groups excluding carboxylic acids is 2. The van der Waals surface area contributed by atoms with Crippen molar-refractivity contribution < 1.29 is 18.7 Å². The number of nitrogens with one attached hydrogen (secondary N) is 1. The van der Waals surface area contributed by atoms with Gasteiger partial charge in [-0.1, -0.05) is 6.07 Å². The van der Waals surface area contributed by atoms with Gasteiger partial charge in [-0.2, -0.15) is 0 Å². The van der Waals surface area contributed by atoms with Gasteiger partial charge in [0, 0.05) is 36.5 Å². The zero-order chi connectivity index (χ0) is 22.0. The third-order valence-corrected chi connectivity index (χ3v) is 5.31. The third kappa shape index (κ3) is 4.42. The number of ether oxygens (including phenoxy) is 1. The highest BCUT2D eigenvalue weighted by Crippen LogP contribution is 2.25. The van der Waals surface area contributed by atoms with E-state index in [0.717, 1.165) is 11.4 Å². The molecule has 0 spiro atoms. The molecule has 2 amide bonds. The summed E-state index contributed by atoms with van der Waals surface area (Å²) in [5, 5.41) is 2.98. The smallest absolute Gasteiger partial charge is 0.254 e. The van der Waals surface area contributed by atoms with Crippen molar-refractivity contribution in [2.45, 2.75) is 19.4 Å². The van der Waals surface area contributed by atoms with Crippen LogP contribution in [0.25, 0.3) is 5.69 Å². The molecule has 160 valence electrons. The van der Waals surface area contributed by atoms with Crippen LogP contribution in [0.15, 0.2) is 55.0 Å². The van der Waals surface area contributed by atoms with Crippen LogP contribution in [0.3, 0.4) is 0 Å².